The van der Waals surface area contributed by atoms with Crippen molar-refractivity contribution in [3.63, 3.8) is 0 Å². The lowest BCUT2D eigenvalue weighted by Crippen LogP contribution is -2.12. The number of fused-ring (bicyclic) bond motifs is 6. The van der Waals surface area contributed by atoms with Crippen LogP contribution in [-0.4, -0.2) is 9.13 Å². The number of hydrogen-bond donors (Lipinski definition) is 0. The Morgan fingerprint density at radius 1 is 0.479 bits per heavy atom. The maximum absolute atomic E-state index is 6.65. The van der Waals surface area contributed by atoms with Gasteiger partial charge in [-0.2, -0.15) is 0 Å². The van der Waals surface area contributed by atoms with E-state index in [-0.39, 0.29) is 0 Å². The first-order chi connectivity index (χ1) is 35.0. The van der Waals surface area contributed by atoms with Crippen molar-refractivity contribution >= 4 is 60.9 Å². The van der Waals surface area contributed by atoms with Gasteiger partial charge in [0.2, 0.25) is 0 Å². The topological polar surface area (TPSA) is 9.86 Å². The van der Waals surface area contributed by atoms with Gasteiger partial charge in [0.15, 0.2) is 0 Å². The van der Waals surface area contributed by atoms with Gasteiger partial charge < -0.3 is 9.13 Å². The van der Waals surface area contributed by atoms with Crippen LogP contribution in [0.5, 0.6) is 0 Å². The third-order valence-electron chi connectivity index (χ3n) is 15.4. The van der Waals surface area contributed by atoms with Crippen molar-refractivity contribution in [1.29, 1.82) is 0 Å². The zero-order chi connectivity index (χ0) is 47.6. The molecule has 0 radical (unpaired) electrons. The zero-order valence-corrected chi connectivity index (χ0v) is 40.8. The van der Waals surface area contributed by atoms with E-state index in [1.165, 1.54) is 116 Å². The summed E-state index contributed by atoms with van der Waals surface area (Å²) in [6.07, 6.45) is 13.5. The molecule has 13 rings (SSSR count). The number of rotatable bonds is 8. The Hall–Kier alpha value is -7.91. The van der Waals surface area contributed by atoms with Gasteiger partial charge in [0.1, 0.15) is 0 Å². The average Bonchev–Trinajstić information content (AvgIpc) is 3.94. The molecule has 0 aliphatic heterocycles. The summed E-state index contributed by atoms with van der Waals surface area (Å²) in [5.41, 5.74) is 23.6. The van der Waals surface area contributed by atoms with Crippen molar-refractivity contribution in [3.8, 4) is 61.3 Å². The number of para-hydroxylation sites is 2. The molecule has 0 saturated heterocycles. The van der Waals surface area contributed by atoms with Crippen LogP contribution in [-0.2, 0) is 0 Å². The minimum atomic E-state index is 0.354. The Kier molecular flexibility index (Phi) is 10.8. The maximum atomic E-state index is 6.65. The van der Waals surface area contributed by atoms with Crippen molar-refractivity contribution in [2.75, 3.05) is 0 Å². The first-order valence-electron chi connectivity index (χ1n) is 25.3. The summed E-state index contributed by atoms with van der Waals surface area (Å²) in [7, 11) is 0. The third kappa shape index (κ3) is 7.40. The fourth-order valence-corrected chi connectivity index (χ4v) is 12.4. The van der Waals surface area contributed by atoms with E-state index < -0.39 is 0 Å². The SMILES string of the molecule is C=C1CCCC(c2c(C)c(-c3ccccc3)c(-c3ccc(Cl)cc3)c(-c3ccc(-n4c5ccccc5c5cc(-c6ccc7c(c6)c6ccccc6n7C6=CCCC=C6)ccc54)cc3)c2-c2ccccc2)C1. The molecule has 2 aromatic heterocycles. The average molecular weight is 934 g/mol. The summed E-state index contributed by atoms with van der Waals surface area (Å²) in [5, 5.41) is 5.76. The van der Waals surface area contributed by atoms with Gasteiger partial charge >= 0.3 is 0 Å². The largest absolute Gasteiger partial charge is 0.310 e. The standard InChI is InChI=1S/C68H53ClN2/c1-44-17-16-22-52(41-44)65-45(2)64(46-18-6-3-7-19-46)67(48-29-35-53(69)36-30-48)68(66(65)47-20-8-4-9-21-47)49-31-37-55(38-32-49)71-61-28-15-13-26-57(61)59-43-51(34-40-63(59)71)50-33-39-62-58(42-50)56-25-12-14-27-60(56)70(62)54-23-10-5-11-24-54/h3-4,6-10,12-15,18-21,23-40,42-43,52H,1,5,11,16-17,22,41H2,2H3. The normalized spacial score (nSPS) is 15.0. The van der Waals surface area contributed by atoms with Gasteiger partial charge in [-0.25, -0.2) is 0 Å². The van der Waals surface area contributed by atoms with E-state index >= 15 is 0 Å². The molecular weight excluding hydrogens is 880 g/mol. The van der Waals surface area contributed by atoms with E-state index in [2.05, 4.69) is 223 Å². The molecule has 1 unspecified atom stereocenters. The number of allylic oxidation sites excluding steroid dienone is 5. The van der Waals surface area contributed by atoms with Crippen LogP contribution in [0.1, 0.15) is 55.6 Å². The highest BCUT2D eigenvalue weighted by atomic mass is 35.5. The highest BCUT2D eigenvalue weighted by Gasteiger charge is 2.31. The molecule has 2 aliphatic rings. The molecule has 1 saturated carbocycles. The molecule has 0 N–H and O–H groups in total. The Labute approximate surface area is 421 Å². The first-order valence-corrected chi connectivity index (χ1v) is 25.6. The first kappa shape index (κ1) is 43.1. The highest BCUT2D eigenvalue weighted by Crippen LogP contribution is 2.54. The van der Waals surface area contributed by atoms with Crippen molar-refractivity contribution in [3.05, 3.63) is 241 Å². The second-order valence-corrected chi connectivity index (χ2v) is 20.1. The van der Waals surface area contributed by atoms with E-state index in [1.807, 2.05) is 12.1 Å². The summed E-state index contributed by atoms with van der Waals surface area (Å²) in [4.78, 5) is 0. The molecule has 0 spiro atoms. The monoisotopic (exact) mass is 932 g/mol. The number of halogens is 1. The molecule has 2 heterocycles. The molecule has 2 nitrogen and oxygen atoms in total. The Bertz CT molecular complexity index is 3940. The summed E-state index contributed by atoms with van der Waals surface area (Å²) in [5.74, 6) is 0.354. The lowest BCUT2D eigenvalue weighted by molar-refractivity contribution is 0.523. The highest BCUT2D eigenvalue weighted by molar-refractivity contribution is 6.30. The van der Waals surface area contributed by atoms with Crippen molar-refractivity contribution in [1.82, 2.24) is 9.13 Å². The Morgan fingerprint density at radius 2 is 0.986 bits per heavy atom. The van der Waals surface area contributed by atoms with Crippen LogP contribution in [0.25, 0.3) is 111 Å². The van der Waals surface area contributed by atoms with Gasteiger partial charge in [-0.3, -0.25) is 0 Å². The van der Waals surface area contributed by atoms with E-state index in [4.69, 9.17) is 11.6 Å². The fourth-order valence-electron chi connectivity index (χ4n) is 12.3. The zero-order valence-electron chi connectivity index (χ0n) is 40.0. The second kappa shape index (κ2) is 17.8. The number of nitrogens with zero attached hydrogens (tertiary/aromatic N) is 2. The summed E-state index contributed by atoms with van der Waals surface area (Å²) >= 11 is 6.65. The molecular formula is C68H53ClN2. The Balaban J connectivity index is 0.996. The minimum Gasteiger partial charge on any atom is -0.310 e. The van der Waals surface area contributed by atoms with Crippen molar-refractivity contribution in [2.45, 2.75) is 51.4 Å². The van der Waals surface area contributed by atoms with E-state index in [0.29, 0.717) is 5.92 Å². The molecule has 11 aromatic rings. The number of aromatic nitrogens is 2. The van der Waals surface area contributed by atoms with E-state index in [0.717, 1.165) is 54.8 Å². The molecule has 342 valence electrons. The number of benzene rings is 9. The van der Waals surface area contributed by atoms with Gasteiger partial charge in [0.05, 0.1) is 22.1 Å². The third-order valence-corrected chi connectivity index (χ3v) is 15.7. The van der Waals surface area contributed by atoms with Gasteiger partial charge in [-0.05, 0) is 185 Å². The van der Waals surface area contributed by atoms with Gasteiger partial charge in [-0.15, -0.1) is 0 Å². The molecule has 0 bridgehead atoms. The van der Waals surface area contributed by atoms with Crippen molar-refractivity contribution < 1.29 is 0 Å². The van der Waals surface area contributed by atoms with Crippen LogP contribution in [0.4, 0.5) is 0 Å². The Morgan fingerprint density at radius 3 is 1.59 bits per heavy atom. The van der Waals surface area contributed by atoms with Crippen molar-refractivity contribution in [2.24, 2.45) is 0 Å². The molecule has 71 heavy (non-hydrogen) atoms. The maximum Gasteiger partial charge on any atom is 0.0541 e. The van der Waals surface area contributed by atoms with E-state index in [1.54, 1.807) is 0 Å². The quantitative estimate of drug-likeness (QED) is 0.134. The van der Waals surface area contributed by atoms with Gasteiger partial charge in [0.25, 0.3) is 0 Å². The minimum absolute atomic E-state index is 0.354. The summed E-state index contributed by atoms with van der Waals surface area (Å²) in [6.45, 7) is 6.94. The van der Waals surface area contributed by atoms with Crippen LogP contribution in [0.3, 0.4) is 0 Å². The van der Waals surface area contributed by atoms with E-state index in [9.17, 15) is 0 Å². The van der Waals surface area contributed by atoms with Gasteiger partial charge in [0, 0.05) is 38.0 Å². The smallest absolute Gasteiger partial charge is 0.0541 e. The van der Waals surface area contributed by atoms with Crippen LogP contribution in [0, 0.1) is 6.92 Å². The molecule has 2 aliphatic carbocycles. The lowest BCUT2D eigenvalue weighted by atomic mass is 9.71. The molecule has 3 heteroatoms. The molecule has 9 aromatic carbocycles. The molecule has 0 amide bonds. The lowest BCUT2D eigenvalue weighted by Gasteiger charge is -2.33. The van der Waals surface area contributed by atoms with Gasteiger partial charge in [-0.1, -0.05) is 169 Å². The fraction of sp³-hybridized carbons (Fsp3) is 0.118. The molecule has 1 atom stereocenters. The van der Waals surface area contributed by atoms with Crippen LogP contribution < -0.4 is 0 Å². The van der Waals surface area contributed by atoms with Crippen LogP contribution >= 0.6 is 11.6 Å². The number of hydrogen-bond acceptors (Lipinski definition) is 0. The predicted molar refractivity (Wildman–Crippen MR) is 304 cm³/mol. The van der Waals surface area contributed by atoms with Crippen LogP contribution in [0.2, 0.25) is 5.02 Å². The summed E-state index contributed by atoms with van der Waals surface area (Å²) < 4.78 is 4.88. The molecule has 1 fully saturated rings. The predicted octanol–water partition coefficient (Wildman–Crippen LogP) is 19.6. The second-order valence-electron chi connectivity index (χ2n) is 19.6. The summed E-state index contributed by atoms with van der Waals surface area (Å²) in [6, 6.07) is 71.7. The van der Waals surface area contributed by atoms with Crippen LogP contribution in [0.15, 0.2) is 225 Å².